The molecule has 126 valence electrons. The summed E-state index contributed by atoms with van der Waals surface area (Å²) < 4.78 is 38.8. The smallest absolute Gasteiger partial charge is 0.251 e. The molecule has 0 aliphatic rings. The maximum Gasteiger partial charge on any atom is 0.251 e. The number of carbonyl (C=O) groups excluding carboxylic acids is 2. The fourth-order valence-corrected chi connectivity index (χ4v) is 2.03. The molecule has 2 aromatic rings. The van der Waals surface area contributed by atoms with Crippen LogP contribution in [0, 0.1) is 17.5 Å². The summed E-state index contributed by atoms with van der Waals surface area (Å²) in [6.07, 6.45) is 0.256. The second-order valence-corrected chi connectivity index (χ2v) is 5.07. The van der Waals surface area contributed by atoms with Crippen molar-refractivity contribution < 1.29 is 22.8 Å². The van der Waals surface area contributed by atoms with Gasteiger partial charge in [0.05, 0.1) is 6.54 Å². The standard InChI is InChI=1S/C17H15F3N2O2/c18-13-3-1-12(2-4-13)17(24)22-10-16(23)21-6-5-11-7-14(19)9-15(20)8-11/h1-4,7-9H,5-6,10H2,(H,21,23)(H,22,24). The molecule has 0 radical (unpaired) electrons. The lowest BCUT2D eigenvalue weighted by Gasteiger charge is -2.07. The van der Waals surface area contributed by atoms with E-state index in [-0.39, 0.29) is 25.1 Å². The van der Waals surface area contributed by atoms with Crippen LogP contribution >= 0.6 is 0 Å². The van der Waals surface area contributed by atoms with E-state index in [2.05, 4.69) is 10.6 Å². The summed E-state index contributed by atoms with van der Waals surface area (Å²) in [5, 5.41) is 4.92. The summed E-state index contributed by atoms with van der Waals surface area (Å²) in [5.74, 6) is -2.76. The van der Waals surface area contributed by atoms with E-state index in [1.54, 1.807) is 0 Å². The Balaban J connectivity index is 1.73. The minimum Gasteiger partial charge on any atom is -0.354 e. The number of amides is 2. The number of halogens is 3. The van der Waals surface area contributed by atoms with Crippen LogP contribution in [0.25, 0.3) is 0 Å². The minimum atomic E-state index is -0.678. The zero-order chi connectivity index (χ0) is 17.5. The maximum atomic E-state index is 13.0. The lowest BCUT2D eigenvalue weighted by Crippen LogP contribution is -2.37. The van der Waals surface area contributed by atoms with Crippen LogP contribution in [0.5, 0.6) is 0 Å². The number of benzene rings is 2. The fraction of sp³-hybridized carbons (Fsp3) is 0.176. The summed E-state index contributed by atoms with van der Waals surface area (Å²) in [7, 11) is 0. The molecule has 0 bridgehead atoms. The van der Waals surface area contributed by atoms with Crippen molar-refractivity contribution in [2.75, 3.05) is 13.1 Å². The molecular weight excluding hydrogens is 321 g/mol. The molecule has 2 rings (SSSR count). The molecule has 24 heavy (non-hydrogen) atoms. The van der Waals surface area contributed by atoms with E-state index < -0.39 is 29.3 Å². The third kappa shape index (κ3) is 5.42. The van der Waals surface area contributed by atoms with Crippen LogP contribution in [0.1, 0.15) is 15.9 Å². The largest absolute Gasteiger partial charge is 0.354 e. The highest BCUT2D eigenvalue weighted by molar-refractivity contribution is 5.96. The lowest BCUT2D eigenvalue weighted by molar-refractivity contribution is -0.120. The normalized spacial score (nSPS) is 10.3. The second-order valence-electron chi connectivity index (χ2n) is 5.07. The molecule has 0 fully saturated rings. The van der Waals surface area contributed by atoms with Gasteiger partial charge in [0.2, 0.25) is 5.91 Å². The Kier molecular flexibility index (Phi) is 5.95. The molecule has 0 aliphatic carbocycles. The van der Waals surface area contributed by atoms with E-state index in [1.807, 2.05) is 0 Å². The Bertz CT molecular complexity index is 713. The van der Waals surface area contributed by atoms with E-state index in [4.69, 9.17) is 0 Å². The molecule has 0 atom stereocenters. The van der Waals surface area contributed by atoms with Gasteiger partial charge in [-0.25, -0.2) is 13.2 Å². The quantitative estimate of drug-likeness (QED) is 0.850. The van der Waals surface area contributed by atoms with Crippen LogP contribution in [-0.2, 0) is 11.2 Å². The van der Waals surface area contributed by atoms with Gasteiger partial charge in [-0.1, -0.05) is 0 Å². The Labute approximate surface area is 136 Å². The van der Waals surface area contributed by atoms with Gasteiger partial charge in [-0.05, 0) is 48.4 Å². The molecule has 4 nitrogen and oxygen atoms in total. The van der Waals surface area contributed by atoms with Gasteiger partial charge in [-0.3, -0.25) is 9.59 Å². The van der Waals surface area contributed by atoms with Crippen LogP contribution in [0.3, 0.4) is 0 Å². The van der Waals surface area contributed by atoms with Crippen LogP contribution < -0.4 is 10.6 Å². The summed E-state index contributed by atoms with van der Waals surface area (Å²) in [6, 6.07) is 8.05. The Hall–Kier alpha value is -2.83. The Morgan fingerprint density at radius 2 is 1.46 bits per heavy atom. The highest BCUT2D eigenvalue weighted by atomic mass is 19.1. The van der Waals surface area contributed by atoms with Crippen molar-refractivity contribution in [3.8, 4) is 0 Å². The number of hydrogen-bond donors (Lipinski definition) is 2. The summed E-state index contributed by atoms with van der Waals surface area (Å²) >= 11 is 0. The Morgan fingerprint density at radius 3 is 2.08 bits per heavy atom. The zero-order valence-electron chi connectivity index (χ0n) is 12.6. The Morgan fingerprint density at radius 1 is 0.833 bits per heavy atom. The van der Waals surface area contributed by atoms with Crippen LogP contribution in [0.2, 0.25) is 0 Å². The highest BCUT2D eigenvalue weighted by Gasteiger charge is 2.08. The van der Waals surface area contributed by atoms with Crippen molar-refractivity contribution in [3.05, 3.63) is 71.0 Å². The molecule has 0 heterocycles. The average Bonchev–Trinajstić information content (AvgIpc) is 2.52. The molecule has 0 unspecified atom stereocenters. The van der Waals surface area contributed by atoms with Gasteiger partial charge < -0.3 is 10.6 Å². The van der Waals surface area contributed by atoms with Crippen LogP contribution in [0.4, 0.5) is 13.2 Å². The van der Waals surface area contributed by atoms with E-state index in [9.17, 15) is 22.8 Å². The van der Waals surface area contributed by atoms with Crippen molar-refractivity contribution in [1.29, 1.82) is 0 Å². The number of rotatable bonds is 6. The van der Waals surface area contributed by atoms with Gasteiger partial charge in [0.1, 0.15) is 17.5 Å². The first-order chi connectivity index (χ1) is 11.4. The molecule has 2 N–H and O–H groups in total. The third-order valence-corrected chi connectivity index (χ3v) is 3.17. The molecule has 0 saturated carbocycles. The molecule has 0 aliphatic heterocycles. The molecule has 0 saturated heterocycles. The van der Waals surface area contributed by atoms with E-state index in [0.29, 0.717) is 5.56 Å². The molecule has 2 amide bonds. The third-order valence-electron chi connectivity index (χ3n) is 3.17. The topological polar surface area (TPSA) is 58.2 Å². The molecular formula is C17H15F3N2O2. The van der Waals surface area contributed by atoms with Crippen LogP contribution in [-0.4, -0.2) is 24.9 Å². The summed E-state index contributed by atoms with van der Waals surface area (Å²) in [6.45, 7) is -0.0815. The first-order valence-electron chi connectivity index (χ1n) is 7.19. The lowest BCUT2D eigenvalue weighted by atomic mass is 10.1. The van der Waals surface area contributed by atoms with Gasteiger partial charge in [-0.2, -0.15) is 0 Å². The minimum absolute atomic E-state index is 0.175. The number of nitrogens with one attached hydrogen (secondary N) is 2. The SMILES string of the molecule is O=C(CNC(=O)c1ccc(F)cc1)NCCc1cc(F)cc(F)c1. The predicted molar refractivity (Wildman–Crippen MR) is 81.8 cm³/mol. The van der Waals surface area contributed by atoms with Crippen molar-refractivity contribution in [2.24, 2.45) is 0 Å². The maximum absolute atomic E-state index is 13.0. The number of carbonyl (C=O) groups is 2. The van der Waals surface area contributed by atoms with Gasteiger partial charge in [-0.15, -0.1) is 0 Å². The molecule has 0 spiro atoms. The molecule has 0 aromatic heterocycles. The molecule has 7 heteroatoms. The summed E-state index contributed by atoms with van der Waals surface area (Å²) in [5.41, 5.74) is 0.655. The first kappa shape index (κ1) is 17.5. The fourth-order valence-electron chi connectivity index (χ4n) is 2.03. The van der Waals surface area contributed by atoms with E-state index in [0.717, 1.165) is 18.2 Å². The van der Waals surface area contributed by atoms with Crippen molar-refractivity contribution in [3.63, 3.8) is 0 Å². The van der Waals surface area contributed by atoms with Crippen molar-refractivity contribution >= 4 is 11.8 Å². The molecule has 2 aromatic carbocycles. The highest BCUT2D eigenvalue weighted by Crippen LogP contribution is 2.08. The first-order valence-corrected chi connectivity index (χ1v) is 7.19. The van der Waals surface area contributed by atoms with Gasteiger partial charge >= 0.3 is 0 Å². The summed E-state index contributed by atoms with van der Waals surface area (Å²) in [4.78, 5) is 23.4. The van der Waals surface area contributed by atoms with Gasteiger partial charge in [0.25, 0.3) is 5.91 Å². The van der Waals surface area contributed by atoms with Crippen molar-refractivity contribution in [2.45, 2.75) is 6.42 Å². The zero-order valence-corrected chi connectivity index (χ0v) is 12.6. The van der Waals surface area contributed by atoms with Gasteiger partial charge in [0, 0.05) is 18.2 Å². The van der Waals surface area contributed by atoms with E-state index in [1.165, 1.54) is 24.3 Å². The average molecular weight is 336 g/mol. The predicted octanol–water partition coefficient (Wildman–Crippen LogP) is 2.19. The van der Waals surface area contributed by atoms with Gasteiger partial charge in [0.15, 0.2) is 0 Å². The number of hydrogen-bond acceptors (Lipinski definition) is 2. The van der Waals surface area contributed by atoms with E-state index >= 15 is 0 Å². The van der Waals surface area contributed by atoms with Crippen molar-refractivity contribution in [1.82, 2.24) is 10.6 Å². The monoisotopic (exact) mass is 336 g/mol. The van der Waals surface area contributed by atoms with Crippen LogP contribution in [0.15, 0.2) is 42.5 Å². The second kappa shape index (κ2) is 8.14.